The van der Waals surface area contributed by atoms with Crippen LogP contribution in [-0.4, -0.2) is 26.3 Å². The van der Waals surface area contributed by atoms with Crippen LogP contribution >= 0.6 is 11.8 Å². The number of benzene rings is 1. The first-order valence-electron chi connectivity index (χ1n) is 4.31. The van der Waals surface area contributed by atoms with Crippen molar-refractivity contribution in [3.8, 4) is 0 Å². The molecule has 0 saturated heterocycles. The van der Waals surface area contributed by atoms with E-state index in [9.17, 15) is 0 Å². The van der Waals surface area contributed by atoms with Gasteiger partial charge in [-0.2, -0.15) is 0 Å². The van der Waals surface area contributed by atoms with Crippen LogP contribution in [0.25, 0.3) is 0 Å². The second kappa shape index (κ2) is 5.93. The molecule has 0 heterocycles. The van der Waals surface area contributed by atoms with Crippen LogP contribution in [0.4, 0.5) is 0 Å². The summed E-state index contributed by atoms with van der Waals surface area (Å²) in [6, 6.07) is 8.61. The minimum atomic E-state index is 0.154. The Bertz CT molecular complexity index is 263. The van der Waals surface area contributed by atoms with Crippen LogP contribution in [0.15, 0.2) is 24.3 Å². The maximum atomic E-state index is 5.88. The van der Waals surface area contributed by atoms with Crippen molar-refractivity contribution in [2.45, 2.75) is 18.7 Å². The summed E-state index contributed by atoms with van der Waals surface area (Å²) >= 11 is 3.57. The molecule has 1 aromatic rings. The summed E-state index contributed by atoms with van der Waals surface area (Å²) in [6.45, 7) is 2.04. The maximum absolute atomic E-state index is 5.88. The van der Waals surface area contributed by atoms with Gasteiger partial charge in [0, 0.05) is 0 Å². The third-order valence-corrected chi connectivity index (χ3v) is 4.37. The molecule has 0 fully saturated rings. The van der Waals surface area contributed by atoms with Crippen molar-refractivity contribution in [1.82, 2.24) is 0 Å². The molecule has 0 spiro atoms. The molecule has 1 atom stereocenters. The van der Waals surface area contributed by atoms with Gasteiger partial charge in [-0.3, -0.25) is 0 Å². The molecule has 13 heavy (non-hydrogen) atoms. The van der Waals surface area contributed by atoms with Gasteiger partial charge in [0.2, 0.25) is 0 Å². The molecule has 1 rings (SSSR count). The molecule has 69 valence electrons. The van der Waals surface area contributed by atoms with Gasteiger partial charge in [-0.1, -0.05) is 0 Å². The average molecular weight is 299 g/mol. The van der Waals surface area contributed by atoms with E-state index in [0.29, 0.717) is 0 Å². The third-order valence-electron chi connectivity index (χ3n) is 1.91. The van der Waals surface area contributed by atoms with Crippen molar-refractivity contribution >= 4 is 34.3 Å². The molecule has 0 aliphatic carbocycles. The van der Waals surface area contributed by atoms with Crippen LogP contribution in [0.2, 0.25) is 0 Å². The van der Waals surface area contributed by atoms with Crippen LogP contribution < -0.4 is 5.73 Å². The zero-order valence-electron chi connectivity index (χ0n) is 7.79. The fraction of sp³-hybridized carbons (Fsp3) is 0.400. The first-order valence-corrected chi connectivity index (χ1v) is 7.48. The molecule has 3 radical (unpaired) electrons. The monoisotopic (exact) mass is 300 g/mol. The van der Waals surface area contributed by atoms with E-state index in [1.165, 1.54) is 14.9 Å². The van der Waals surface area contributed by atoms with E-state index in [4.69, 9.17) is 5.73 Å². The van der Waals surface area contributed by atoms with Crippen molar-refractivity contribution in [2.24, 2.45) is 5.73 Å². The van der Waals surface area contributed by atoms with Gasteiger partial charge in [-0.25, -0.2) is 0 Å². The SMILES string of the molecule is CC(N)c1ccccc1CS[CH2][Sn]. The van der Waals surface area contributed by atoms with E-state index >= 15 is 0 Å². The molecule has 0 amide bonds. The van der Waals surface area contributed by atoms with Gasteiger partial charge in [0.25, 0.3) is 0 Å². The van der Waals surface area contributed by atoms with E-state index in [-0.39, 0.29) is 6.04 Å². The van der Waals surface area contributed by atoms with Crippen LogP contribution in [0.1, 0.15) is 24.1 Å². The van der Waals surface area contributed by atoms with Gasteiger partial charge >= 0.3 is 97.9 Å². The predicted octanol–water partition coefficient (Wildman–Crippen LogP) is 2.07. The second-order valence-electron chi connectivity index (χ2n) is 2.98. The number of hydrogen-bond donors (Lipinski definition) is 1. The first-order chi connectivity index (χ1) is 6.25. The molecular weight excluding hydrogens is 285 g/mol. The van der Waals surface area contributed by atoms with Gasteiger partial charge in [0.1, 0.15) is 0 Å². The van der Waals surface area contributed by atoms with E-state index in [1.807, 2.05) is 18.7 Å². The topological polar surface area (TPSA) is 26.0 Å². The second-order valence-corrected chi connectivity index (χ2v) is 6.44. The predicted molar refractivity (Wildman–Crippen MR) is 61.0 cm³/mol. The number of hydrogen-bond acceptors (Lipinski definition) is 2. The van der Waals surface area contributed by atoms with Crippen molar-refractivity contribution in [3.05, 3.63) is 35.4 Å². The Morgan fingerprint density at radius 3 is 2.77 bits per heavy atom. The molecule has 0 aliphatic rings. The van der Waals surface area contributed by atoms with Crippen molar-refractivity contribution in [3.63, 3.8) is 0 Å². The Morgan fingerprint density at radius 1 is 1.46 bits per heavy atom. The summed E-state index contributed by atoms with van der Waals surface area (Å²) in [7, 11) is 0. The van der Waals surface area contributed by atoms with E-state index in [1.54, 1.807) is 22.5 Å². The van der Waals surface area contributed by atoms with Crippen molar-refractivity contribution < 1.29 is 0 Å². The van der Waals surface area contributed by atoms with E-state index in [2.05, 4.69) is 24.3 Å². The molecule has 0 aliphatic heterocycles. The standard InChI is InChI=1S/C10H14NS.Sn/c1-8(11)10-6-4-3-5-9(10)7-12-2;/h3-6,8H,2,7,11H2,1H3;. The fourth-order valence-electron chi connectivity index (χ4n) is 1.27. The van der Waals surface area contributed by atoms with Gasteiger partial charge in [0.15, 0.2) is 0 Å². The summed E-state index contributed by atoms with van der Waals surface area (Å²) in [5.74, 6) is 1.10. The van der Waals surface area contributed by atoms with Gasteiger partial charge in [-0.05, 0) is 0 Å². The Balaban J connectivity index is 2.78. The minimum absolute atomic E-state index is 0.154. The fourth-order valence-corrected chi connectivity index (χ4v) is 2.73. The Morgan fingerprint density at radius 2 is 2.15 bits per heavy atom. The van der Waals surface area contributed by atoms with Crippen LogP contribution in [-0.2, 0) is 5.75 Å². The molecule has 0 saturated carbocycles. The zero-order chi connectivity index (χ0) is 9.68. The first kappa shape index (κ1) is 11.4. The Kier molecular flexibility index (Phi) is 5.21. The summed E-state index contributed by atoms with van der Waals surface area (Å²) < 4.78 is 1.25. The van der Waals surface area contributed by atoms with Gasteiger partial charge < -0.3 is 0 Å². The van der Waals surface area contributed by atoms with Crippen LogP contribution in [0, 0.1) is 0 Å². The molecule has 0 aromatic heterocycles. The molecule has 3 heteroatoms. The normalized spacial score (nSPS) is 12.8. The average Bonchev–Trinajstić information content (AvgIpc) is 2.15. The summed E-state index contributed by atoms with van der Waals surface area (Å²) in [4.78, 5) is 0. The molecular formula is C10H14NSSn. The van der Waals surface area contributed by atoms with Crippen LogP contribution in [0.5, 0.6) is 0 Å². The van der Waals surface area contributed by atoms with E-state index < -0.39 is 0 Å². The molecule has 0 bridgehead atoms. The number of nitrogens with two attached hydrogens (primary N) is 1. The molecule has 2 N–H and O–H groups in total. The zero-order valence-corrected chi connectivity index (χ0v) is 11.5. The van der Waals surface area contributed by atoms with Crippen molar-refractivity contribution in [2.75, 3.05) is 3.77 Å². The number of rotatable bonds is 4. The number of thioether (sulfide) groups is 1. The Hall–Kier alpha value is 0.329. The summed E-state index contributed by atoms with van der Waals surface area (Å²) in [5, 5.41) is 0. The molecule has 1 unspecified atom stereocenters. The summed E-state index contributed by atoms with van der Waals surface area (Å²) in [5.41, 5.74) is 8.57. The quantitative estimate of drug-likeness (QED) is 0.861. The van der Waals surface area contributed by atoms with Gasteiger partial charge in [-0.15, -0.1) is 0 Å². The van der Waals surface area contributed by atoms with E-state index in [0.717, 1.165) is 5.75 Å². The third kappa shape index (κ3) is 3.52. The van der Waals surface area contributed by atoms with Crippen LogP contribution in [0.3, 0.4) is 0 Å². The molecule has 1 nitrogen and oxygen atoms in total. The van der Waals surface area contributed by atoms with Crippen molar-refractivity contribution in [1.29, 1.82) is 0 Å². The molecule has 1 aromatic carbocycles. The van der Waals surface area contributed by atoms with Gasteiger partial charge in [0.05, 0.1) is 0 Å². The Labute approximate surface area is 97.6 Å². The summed E-state index contributed by atoms with van der Waals surface area (Å²) in [6.07, 6.45) is 0.